The van der Waals surface area contributed by atoms with Gasteiger partial charge in [-0.2, -0.15) is 4.98 Å². The second-order valence-electron chi connectivity index (χ2n) is 5.07. The van der Waals surface area contributed by atoms with Gasteiger partial charge in [-0.25, -0.2) is 0 Å². The summed E-state index contributed by atoms with van der Waals surface area (Å²) in [5.41, 5.74) is 0.999. The Hall–Kier alpha value is -1.30. The van der Waals surface area contributed by atoms with Crippen LogP contribution in [0.4, 0.5) is 5.69 Å². The van der Waals surface area contributed by atoms with Gasteiger partial charge < -0.3 is 9.42 Å². The van der Waals surface area contributed by atoms with Crippen LogP contribution in [0.5, 0.6) is 0 Å². The van der Waals surface area contributed by atoms with Crippen LogP contribution in [-0.4, -0.2) is 41.2 Å². The number of anilines is 1. The Morgan fingerprint density at radius 1 is 1.19 bits per heavy atom. The Bertz CT molecular complexity index is 623. The zero-order valence-electron chi connectivity index (χ0n) is 11.7. The van der Waals surface area contributed by atoms with E-state index in [1.807, 2.05) is 18.2 Å². The predicted octanol–water partition coefficient (Wildman–Crippen LogP) is 3.01. The van der Waals surface area contributed by atoms with Crippen LogP contribution in [0.1, 0.15) is 11.7 Å². The molecule has 0 bridgehead atoms. The maximum atomic E-state index is 6.28. The molecule has 1 aliphatic rings. The summed E-state index contributed by atoms with van der Waals surface area (Å²) in [6.45, 7) is 6.17. The highest BCUT2D eigenvalue weighted by atomic mass is 35.5. The van der Waals surface area contributed by atoms with Gasteiger partial charge in [0.1, 0.15) is 0 Å². The fraction of sp³-hybridized carbons (Fsp3) is 0.429. The average Bonchev–Trinajstić information content (AvgIpc) is 2.88. The first-order valence-electron chi connectivity index (χ1n) is 6.84. The van der Waals surface area contributed by atoms with Gasteiger partial charge in [0.15, 0.2) is 5.82 Å². The van der Waals surface area contributed by atoms with Crippen molar-refractivity contribution in [3.05, 3.63) is 40.0 Å². The third-order valence-corrected chi connectivity index (χ3v) is 4.39. The topological polar surface area (TPSA) is 45.4 Å². The molecule has 0 spiro atoms. The first kappa shape index (κ1) is 14.6. The third-order valence-electron chi connectivity index (χ3n) is 3.58. The van der Waals surface area contributed by atoms with Crippen molar-refractivity contribution in [2.75, 3.05) is 31.1 Å². The number of hydrogen-bond donors (Lipinski definition) is 0. The lowest BCUT2D eigenvalue weighted by atomic mass is 10.2. The van der Waals surface area contributed by atoms with Gasteiger partial charge in [0, 0.05) is 33.1 Å². The molecule has 0 unspecified atom stereocenters. The fourth-order valence-corrected chi connectivity index (χ4v) is 2.90. The largest absolute Gasteiger partial charge is 0.368 e. The number of benzene rings is 1. The molecule has 1 aromatic heterocycles. The predicted molar refractivity (Wildman–Crippen MR) is 83.0 cm³/mol. The summed E-state index contributed by atoms with van der Waals surface area (Å²) < 4.78 is 5.00. The maximum absolute atomic E-state index is 6.28. The summed E-state index contributed by atoms with van der Waals surface area (Å²) in [6, 6.07) is 5.74. The number of rotatable bonds is 3. The average molecular weight is 327 g/mol. The highest BCUT2D eigenvalue weighted by Gasteiger charge is 2.20. The lowest BCUT2D eigenvalue weighted by Gasteiger charge is -2.36. The molecule has 0 radical (unpaired) electrons. The molecule has 1 saturated heterocycles. The molecule has 0 aliphatic carbocycles. The molecule has 1 aromatic carbocycles. The van der Waals surface area contributed by atoms with Crippen LogP contribution >= 0.6 is 23.2 Å². The van der Waals surface area contributed by atoms with E-state index in [-0.39, 0.29) is 0 Å². The molecule has 5 nitrogen and oxygen atoms in total. The van der Waals surface area contributed by atoms with Crippen LogP contribution in [0.2, 0.25) is 10.0 Å². The Balaban J connectivity index is 1.61. The molecule has 0 amide bonds. The van der Waals surface area contributed by atoms with Crippen LogP contribution in [0.15, 0.2) is 22.7 Å². The van der Waals surface area contributed by atoms with E-state index in [1.165, 1.54) is 0 Å². The van der Waals surface area contributed by atoms with E-state index >= 15 is 0 Å². The van der Waals surface area contributed by atoms with Crippen LogP contribution in [0.3, 0.4) is 0 Å². The fourth-order valence-electron chi connectivity index (χ4n) is 2.49. The standard InChI is InChI=1S/C14H16Cl2N4O/c1-10-17-13(18-21-10)9-19-5-7-20(8-6-19)12-4-2-3-11(15)14(12)16/h2-4H,5-9H2,1H3. The molecule has 112 valence electrons. The Morgan fingerprint density at radius 3 is 2.62 bits per heavy atom. The number of aromatic nitrogens is 2. The number of piperazine rings is 1. The highest BCUT2D eigenvalue weighted by molar-refractivity contribution is 6.43. The van der Waals surface area contributed by atoms with Crippen LogP contribution in [0.25, 0.3) is 0 Å². The monoisotopic (exact) mass is 326 g/mol. The lowest BCUT2D eigenvalue weighted by Crippen LogP contribution is -2.46. The van der Waals surface area contributed by atoms with Crippen LogP contribution in [-0.2, 0) is 6.54 Å². The molecule has 2 aromatic rings. The summed E-state index contributed by atoms with van der Waals surface area (Å²) in [7, 11) is 0. The molecule has 1 aliphatic heterocycles. The summed E-state index contributed by atoms with van der Waals surface area (Å²) in [6.07, 6.45) is 0. The molecule has 21 heavy (non-hydrogen) atoms. The van der Waals surface area contributed by atoms with Crippen molar-refractivity contribution in [2.24, 2.45) is 0 Å². The lowest BCUT2D eigenvalue weighted by molar-refractivity contribution is 0.240. The number of hydrogen-bond acceptors (Lipinski definition) is 5. The van der Waals surface area contributed by atoms with Crippen molar-refractivity contribution in [1.82, 2.24) is 15.0 Å². The van der Waals surface area contributed by atoms with E-state index in [2.05, 4.69) is 19.9 Å². The van der Waals surface area contributed by atoms with Gasteiger partial charge in [0.2, 0.25) is 5.89 Å². The maximum Gasteiger partial charge on any atom is 0.223 e. The molecule has 7 heteroatoms. The summed E-state index contributed by atoms with van der Waals surface area (Å²) in [4.78, 5) is 8.80. The highest BCUT2D eigenvalue weighted by Crippen LogP contribution is 2.32. The molecular weight excluding hydrogens is 311 g/mol. The second-order valence-corrected chi connectivity index (χ2v) is 5.85. The van der Waals surface area contributed by atoms with Crippen molar-refractivity contribution in [3.63, 3.8) is 0 Å². The van der Waals surface area contributed by atoms with Gasteiger partial charge in [0.05, 0.1) is 22.3 Å². The molecule has 2 heterocycles. The molecule has 0 saturated carbocycles. The van der Waals surface area contributed by atoms with Gasteiger partial charge in [-0.3, -0.25) is 4.90 Å². The number of aryl methyl sites for hydroxylation is 1. The van der Waals surface area contributed by atoms with E-state index in [0.29, 0.717) is 22.5 Å². The van der Waals surface area contributed by atoms with E-state index < -0.39 is 0 Å². The minimum absolute atomic E-state index is 0.596. The Morgan fingerprint density at radius 2 is 1.95 bits per heavy atom. The van der Waals surface area contributed by atoms with Crippen LogP contribution in [0, 0.1) is 6.92 Å². The van der Waals surface area contributed by atoms with Gasteiger partial charge in [0.25, 0.3) is 0 Å². The SMILES string of the molecule is Cc1nc(CN2CCN(c3cccc(Cl)c3Cl)CC2)no1. The first-order chi connectivity index (χ1) is 10.1. The van der Waals surface area contributed by atoms with Crippen molar-refractivity contribution in [3.8, 4) is 0 Å². The van der Waals surface area contributed by atoms with Crippen LogP contribution < -0.4 is 4.90 Å². The normalized spacial score (nSPS) is 16.4. The summed E-state index contributed by atoms with van der Waals surface area (Å²) in [5, 5.41) is 5.16. The van der Waals surface area contributed by atoms with Gasteiger partial charge in [-0.15, -0.1) is 0 Å². The van der Waals surface area contributed by atoms with Crippen molar-refractivity contribution in [2.45, 2.75) is 13.5 Å². The summed E-state index contributed by atoms with van der Waals surface area (Å²) >= 11 is 12.4. The number of nitrogens with zero attached hydrogens (tertiary/aromatic N) is 4. The third kappa shape index (κ3) is 3.31. The van der Waals surface area contributed by atoms with Gasteiger partial charge >= 0.3 is 0 Å². The van der Waals surface area contributed by atoms with Gasteiger partial charge in [-0.1, -0.05) is 34.4 Å². The minimum Gasteiger partial charge on any atom is -0.368 e. The van der Waals surface area contributed by atoms with Crippen molar-refractivity contribution < 1.29 is 4.52 Å². The number of halogens is 2. The van der Waals surface area contributed by atoms with Crippen molar-refractivity contribution >= 4 is 28.9 Å². The van der Waals surface area contributed by atoms with E-state index in [9.17, 15) is 0 Å². The van der Waals surface area contributed by atoms with E-state index in [4.69, 9.17) is 27.7 Å². The molecule has 1 fully saturated rings. The molecule has 0 atom stereocenters. The van der Waals surface area contributed by atoms with E-state index in [1.54, 1.807) is 6.92 Å². The Labute approximate surface area is 133 Å². The second kappa shape index (κ2) is 6.22. The molecule has 0 N–H and O–H groups in total. The minimum atomic E-state index is 0.596. The zero-order chi connectivity index (χ0) is 14.8. The van der Waals surface area contributed by atoms with Crippen molar-refractivity contribution in [1.29, 1.82) is 0 Å². The Kier molecular flexibility index (Phi) is 4.33. The quantitative estimate of drug-likeness (QED) is 0.867. The zero-order valence-corrected chi connectivity index (χ0v) is 13.2. The first-order valence-corrected chi connectivity index (χ1v) is 7.59. The molecular formula is C14H16Cl2N4O. The summed E-state index contributed by atoms with van der Waals surface area (Å²) in [5.74, 6) is 1.34. The van der Waals surface area contributed by atoms with E-state index in [0.717, 1.165) is 37.7 Å². The molecule has 3 rings (SSSR count). The van der Waals surface area contributed by atoms with Gasteiger partial charge in [-0.05, 0) is 12.1 Å². The smallest absolute Gasteiger partial charge is 0.223 e.